The molecule has 16 heavy (non-hydrogen) atoms. The fourth-order valence-corrected chi connectivity index (χ4v) is 1.45. The number of carbonyl (C=O) groups excluding carboxylic acids is 1. The van der Waals surface area contributed by atoms with Crippen LogP contribution in [-0.2, 0) is 4.79 Å². The summed E-state index contributed by atoms with van der Waals surface area (Å²) >= 11 is 0. The zero-order valence-corrected chi connectivity index (χ0v) is 10.6. The highest BCUT2D eigenvalue weighted by Gasteiger charge is 2.18. The van der Waals surface area contributed by atoms with Crippen molar-refractivity contribution >= 4 is 5.91 Å². The van der Waals surface area contributed by atoms with Gasteiger partial charge in [0, 0.05) is 19.5 Å². The highest BCUT2D eigenvalue weighted by Crippen LogP contribution is 1.99. The van der Waals surface area contributed by atoms with Crippen molar-refractivity contribution in [3.8, 4) is 12.3 Å². The van der Waals surface area contributed by atoms with Crippen LogP contribution in [0.25, 0.3) is 0 Å². The topological polar surface area (TPSA) is 49.6 Å². The monoisotopic (exact) mass is 225 g/mol. The van der Waals surface area contributed by atoms with Crippen molar-refractivity contribution in [1.29, 1.82) is 0 Å². The summed E-state index contributed by atoms with van der Waals surface area (Å²) in [7, 11) is 4.03. The fraction of sp³-hybridized carbons (Fsp3) is 0.750. The van der Waals surface area contributed by atoms with E-state index in [0.717, 1.165) is 19.5 Å². The molecule has 0 saturated heterocycles. The average molecular weight is 225 g/mol. The number of nitrogens with two attached hydrogens (primary N) is 1. The molecule has 4 heteroatoms. The first kappa shape index (κ1) is 14.9. The van der Waals surface area contributed by atoms with Gasteiger partial charge in [-0.2, -0.15) is 0 Å². The quantitative estimate of drug-likeness (QED) is 0.627. The third kappa shape index (κ3) is 5.74. The van der Waals surface area contributed by atoms with Crippen LogP contribution in [-0.4, -0.2) is 55.5 Å². The molecule has 1 unspecified atom stereocenters. The third-order valence-corrected chi connectivity index (χ3v) is 2.38. The van der Waals surface area contributed by atoms with Gasteiger partial charge in [0.2, 0.25) is 5.91 Å². The summed E-state index contributed by atoms with van der Waals surface area (Å²) < 4.78 is 0. The molecule has 0 spiro atoms. The van der Waals surface area contributed by atoms with E-state index in [0.29, 0.717) is 13.0 Å². The first-order chi connectivity index (χ1) is 7.52. The summed E-state index contributed by atoms with van der Waals surface area (Å²) in [6, 6.07) is -0.552. The number of rotatable bonds is 7. The summed E-state index contributed by atoms with van der Waals surface area (Å²) in [6.45, 7) is 4.35. The van der Waals surface area contributed by atoms with Crippen LogP contribution in [0, 0.1) is 12.3 Å². The molecule has 0 rings (SSSR count). The highest BCUT2D eigenvalue weighted by molar-refractivity contribution is 5.81. The summed E-state index contributed by atoms with van der Waals surface area (Å²) in [5, 5.41) is 0. The Morgan fingerprint density at radius 3 is 2.50 bits per heavy atom. The van der Waals surface area contributed by atoms with E-state index in [2.05, 4.69) is 10.8 Å². The molecule has 0 aliphatic heterocycles. The maximum atomic E-state index is 11.8. The van der Waals surface area contributed by atoms with E-state index >= 15 is 0 Å². The van der Waals surface area contributed by atoms with Gasteiger partial charge < -0.3 is 15.5 Å². The highest BCUT2D eigenvalue weighted by atomic mass is 16.2. The van der Waals surface area contributed by atoms with E-state index in [1.807, 2.05) is 21.0 Å². The molecule has 92 valence electrons. The standard InChI is InChI=1S/C12H23N3O/c1-5-8-11(13)12(16)15(6-2)10-7-9-14(3)4/h1,11H,6-10,13H2,2-4H3. The van der Waals surface area contributed by atoms with Crippen molar-refractivity contribution in [1.82, 2.24) is 9.80 Å². The van der Waals surface area contributed by atoms with Crippen molar-refractivity contribution in [2.24, 2.45) is 5.73 Å². The fourth-order valence-electron chi connectivity index (χ4n) is 1.45. The van der Waals surface area contributed by atoms with Crippen LogP contribution in [0.3, 0.4) is 0 Å². The molecule has 0 radical (unpaired) electrons. The molecule has 0 bridgehead atoms. The predicted octanol–water partition coefficient (Wildman–Crippen LogP) is 0.137. The first-order valence-electron chi connectivity index (χ1n) is 5.65. The Bertz CT molecular complexity index is 245. The molecule has 0 aromatic heterocycles. The van der Waals surface area contributed by atoms with E-state index in [-0.39, 0.29) is 5.91 Å². The summed E-state index contributed by atoms with van der Waals surface area (Å²) in [5.74, 6) is 2.38. The zero-order chi connectivity index (χ0) is 12.6. The smallest absolute Gasteiger partial charge is 0.240 e. The number of hydrogen-bond acceptors (Lipinski definition) is 3. The van der Waals surface area contributed by atoms with Gasteiger partial charge in [-0.3, -0.25) is 4.79 Å². The molecule has 0 saturated carbocycles. The number of likely N-dealkylation sites (N-methyl/N-ethyl adjacent to an activating group) is 1. The lowest BCUT2D eigenvalue weighted by molar-refractivity contribution is -0.132. The van der Waals surface area contributed by atoms with Gasteiger partial charge in [0.1, 0.15) is 0 Å². The van der Waals surface area contributed by atoms with Crippen molar-refractivity contribution in [2.75, 3.05) is 33.7 Å². The molecular formula is C12H23N3O. The lowest BCUT2D eigenvalue weighted by Gasteiger charge is -2.24. The molecule has 1 atom stereocenters. The predicted molar refractivity (Wildman–Crippen MR) is 66.9 cm³/mol. The molecule has 4 nitrogen and oxygen atoms in total. The van der Waals surface area contributed by atoms with E-state index < -0.39 is 6.04 Å². The maximum absolute atomic E-state index is 11.8. The largest absolute Gasteiger partial charge is 0.342 e. The van der Waals surface area contributed by atoms with Crippen LogP contribution < -0.4 is 5.73 Å². The molecule has 0 aliphatic rings. The van der Waals surface area contributed by atoms with Crippen molar-refractivity contribution in [3.05, 3.63) is 0 Å². The third-order valence-electron chi connectivity index (χ3n) is 2.38. The molecule has 0 fully saturated rings. The first-order valence-corrected chi connectivity index (χ1v) is 5.65. The van der Waals surface area contributed by atoms with Crippen molar-refractivity contribution < 1.29 is 4.79 Å². The number of amides is 1. The van der Waals surface area contributed by atoms with E-state index in [1.165, 1.54) is 0 Å². The molecule has 2 N–H and O–H groups in total. The normalized spacial score (nSPS) is 12.2. The zero-order valence-electron chi connectivity index (χ0n) is 10.6. The van der Waals surface area contributed by atoms with Gasteiger partial charge in [-0.1, -0.05) is 0 Å². The summed E-state index contributed by atoms with van der Waals surface area (Å²) in [4.78, 5) is 15.7. The van der Waals surface area contributed by atoms with Gasteiger partial charge >= 0.3 is 0 Å². The van der Waals surface area contributed by atoms with E-state index in [9.17, 15) is 4.79 Å². The van der Waals surface area contributed by atoms with Crippen LogP contribution in [0.1, 0.15) is 19.8 Å². The van der Waals surface area contributed by atoms with Crippen LogP contribution in [0.2, 0.25) is 0 Å². The van der Waals surface area contributed by atoms with Gasteiger partial charge in [-0.15, -0.1) is 12.3 Å². The molecule has 0 aliphatic carbocycles. The Balaban J connectivity index is 4.07. The lowest BCUT2D eigenvalue weighted by Crippen LogP contribution is -2.44. The number of carbonyl (C=O) groups is 1. The number of nitrogens with zero attached hydrogens (tertiary/aromatic N) is 2. The second-order valence-corrected chi connectivity index (χ2v) is 4.09. The van der Waals surface area contributed by atoms with Crippen LogP contribution >= 0.6 is 0 Å². The van der Waals surface area contributed by atoms with Crippen LogP contribution in [0.5, 0.6) is 0 Å². The minimum atomic E-state index is -0.552. The molecule has 0 heterocycles. The number of terminal acetylenes is 1. The number of hydrogen-bond donors (Lipinski definition) is 1. The minimum absolute atomic E-state index is 0.0424. The minimum Gasteiger partial charge on any atom is -0.342 e. The molecule has 0 aromatic rings. The average Bonchev–Trinajstić information content (AvgIpc) is 2.23. The second-order valence-electron chi connectivity index (χ2n) is 4.09. The van der Waals surface area contributed by atoms with E-state index in [4.69, 9.17) is 12.2 Å². The van der Waals surface area contributed by atoms with E-state index in [1.54, 1.807) is 4.90 Å². The summed E-state index contributed by atoms with van der Waals surface area (Å²) in [6.07, 6.45) is 6.40. The van der Waals surface area contributed by atoms with Crippen molar-refractivity contribution in [3.63, 3.8) is 0 Å². The van der Waals surface area contributed by atoms with Crippen LogP contribution in [0.15, 0.2) is 0 Å². The molecule has 0 aromatic carbocycles. The van der Waals surface area contributed by atoms with Crippen LogP contribution in [0.4, 0.5) is 0 Å². The molecule has 1 amide bonds. The van der Waals surface area contributed by atoms with Gasteiger partial charge in [-0.05, 0) is 34.0 Å². The SMILES string of the molecule is C#CCC(N)C(=O)N(CC)CCCN(C)C. The summed E-state index contributed by atoms with van der Waals surface area (Å²) in [5.41, 5.74) is 5.69. The Kier molecular flexibility index (Phi) is 7.61. The van der Waals surface area contributed by atoms with Crippen molar-refractivity contribution in [2.45, 2.75) is 25.8 Å². The Morgan fingerprint density at radius 2 is 2.06 bits per heavy atom. The Labute approximate surface area is 98.8 Å². The Hall–Kier alpha value is -1.05. The van der Waals surface area contributed by atoms with Gasteiger partial charge in [-0.25, -0.2) is 0 Å². The Morgan fingerprint density at radius 1 is 1.44 bits per heavy atom. The lowest BCUT2D eigenvalue weighted by atomic mass is 10.2. The maximum Gasteiger partial charge on any atom is 0.240 e. The van der Waals surface area contributed by atoms with Gasteiger partial charge in [0.25, 0.3) is 0 Å². The van der Waals surface area contributed by atoms with Gasteiger partial charge in [0.05, 0.1) is 6.04 Å². The van der Waals surface area contributed by atoms with Gasteiger partial charge in [0.15, 0.2) is 0 Å². The second kappa shape index (κ2) is 8.14. The molecular weight excluding hydrogens is 202 g/mol.